The number of amides is 1. The summed E-state index contributed by atoms with van der Waals surface area (Å²) in [5.74, 6) is 1.41. The molecule has 168 valence electrons. The average Bonchev–Trinajstić information content (AvgIpc) is 2.89. The molecule has 1 aliphatic heterocycles. The first-order chi connectivity index (χ1) is 16.2. The molecule has 1 atom stereocenters. The van der Waals surface area contributed by atoms with Crippen molar-refractivity contribution in [2.45, 2.75) is 6.04 Å². The van der Waals surface area contributed by atoms with Crippen molar-refractivity contribution >= 4 is 5.91 Å². The fourth-order valence-electron chi connectivity index (χ4n) is 4.06. The Morgan fingerprint density at radius 3 is 2.27 bits per heavy atom. The second-order valence-electron chi connectivity index (χ2n) is 7.87. The van der Waals surface area contributed by atoms with Crippen LogP contribution in [0.3, 0.4) is 0 Å². The number of carbonyl (C=O) groups is 1. The molecule has 1 heterocycles. The van der Waals surface area contributed by atoms with Gasteiger partial charge in [-0.1, -0.05) is 60.7 Å². The lowest BCUT2D eigenvalue weighted by Gasteiger charge is -2.37. The van der Waals surface area contributed by atoms with Gasteiger partial charge in [-0.3, -0.25) is 9.69 Å². The van der Waals surface area contributed by atoms with Gasteiger partial charge in [-0.25, -0.2) is 0 Å². The van der Waals surface area contributed by atoms with Crippen LogP contribution in [-0.4, -0.2) is 55.6 Å². The molecular weight excluding hydrogens is 414 g/mol. The zero-order chi connectivity index (χ0) is 23.0. The van der Waals surface area contributed by atoms with Gasteiger partial charge in [0.15, 0.2) is 6.61 Å². The third-order valence-electron chi connectivity index (χ3n) is 5.91. The molecular formula is C27H27N3O3. The first-order valence-corrected chi connectivity index (χ1v) is 11.0. The molecule has 0 aliphatic carbocycles. The third kappa shape index (κ3) is 5.33. The molecule has 1 saturated heterocycles. The Balaban J connectivity index is 1.33. The van der Waals surface area contributed by atoms with Crippen LogP contribution < -0.4 is 9.47 Å². The van der Waals surface area contributed by atoms with E-state index in [1.54, 1.807) is 7.11 Å². The number of hydrogen-bond donors (Lipinski definition) is 0. The molecule has 1 unspecified atom stereocenters. The summed E-state index contributed by atoms with van der Waals surface area (Å²) in [6.45, 7) is 2.39. The van der Waals surface area contributed by atoms with Crippen LogP contribution in [0.4, 0.5) is 0 Å². The topological polar surface area (TPSA) is 65.8 Å². The highest BCUT2D eigenvalue weighted by atomic mass is 16.5. The number of rotatable bonds is 7. The molecule has 0 bridgehead atoms. The van der Waals surface area contributed by atoms with Crippen molar-refractivity contribution in [1.82, 2.24) is 9.80 Å². The van der Waals surface area contributed by atoms with Crippen LogP contribution in [0, 0.1) is 11.3 Å². The van der Waals surface area contributed by atoms with E-state index in [1.807, 2.05) is 83.8 Å². The third-order valence-corrected chi connectivity index (χ3v) is 5.91. The average molecular weight is 442 g/mol. The Hall–Kier alpha value is -3.82. The molecule has 0 saturated carbocycles. The summed E-state index contributed by atoms with van der Waals surface area (Å²) in [6, 6.07) is 27.4. The van der Waals surface area contributed by atoms with Gasteiger partial charge in [0.05, 0.1) is 13.2 Å². The minimum absolute atomic E-state index is 0.00992. The zero-order valence-corrected chi connectivity index (χ0v) is 18.7. The summed E-state index contributed by atoms with van der Waals surface area (Å²) in [6.07, 6.45) is 0. The first kappa shape index (κ1) is 22.4. The van der Waals surface area contributed by atoms with E-state index in [4.69, 9.17) is 9.47 Å². The Kier molecular flexibility index (Phi) is 7.23. The van der Waals surface area contributed by atoms with Crippen molar-refractivity contribution < 1.29 is 14.3 Å². The zero-order valence-electron chi connectivity index (χ0n) is 18.7. The van der Waals surface area contributed by atoms with Gasteiger partial charge < -0.3 is 14.4 Å². The lowest BCUT2D eigenvalue weighted by molar-refractivity contribution is -0.135. The van der Waals surface area contributed by atoms with Gasteiger partial charge in [-0.2, -0.15) is 5.26 Å². The van der Waals surface area contributed by atoms with E-state index in [0.29, 0.717) is 31.9 Å². The molecule has 0 radical (unpaired) electrons. The predicted molar refractivity (Wildman–Crippen MR) is 127 cm³/mol. The van der Waals surface area contributed by atoms with Crippen LogP contribution in [-0.2, 0) is 4.79 Å². The van der Waals surface area contributed by atoms with Crippen molar-refractivity contribution in [2.24, 2.45) is 0 Å². The number of benzene rings is 3. The van der Waals surface area contributed by atoms with Gasteiger partial charge in [-0.15, -0.1) is 0 Å². The van der Waals surface area contributed by atoms with Gasteiger partial charge in [0.2, 0.25) is 0 Å². The molecule has 3 aromatic carbocycles. The molecule has 4 rings (SSSR count). The maximum Gasteiger partial charge on any atom is 0.260 e. The van der Waals surface area contributed by atoms with Gasteiger partial charge in [-0.05, 0) is 29.3 Å². The minimum Gasteiger partial charge on any atom is -0.497 e. The van der Waals surface area contributed by atoms with Gasteiger partial charge in [0.1, 0.15) is 17.5 Å². The number of nitriles is 1. The minimum atomic E-state index is -0.345. The standard InChI is InChI=1S/C27H27N3O3/c1-32-23-13-11-22(12-14-23)25(19-28)29-15-17-30(18-16-29)27(31)20-33-26-10-6-5-9-24(26)21-7-3-2-4-8-21/h2-14,25H,15-18,20H2,1H3. The van der Waals surface area contributed by atoms with Crippen LogP contribution in [0.1, 0.15) is 11.6 Å². The van der Waals surface area contributed by atoms with E-state index in [0.717, 1.165) is 22.4 Å². The van der Waals surface area contributed by atoms with E-state index in [-0.39, 0.29) is 18.6 Å². The Morgan fingerprint density at radius 1 is 0.939 bits per heavy atom. The summed E-state index contributed by atoms with van der Waals surface area (Å²) < 4.78 is 11.1. The van der Waals surface area contributed by atoms with Crippen molar-refractivity contribution in [3.8, 4) is 28.7 Å². The lowest BCUT2D eigenvalue weighted by Crippen LogP contribution is -2.50. The second-order valence-corrected chi connectivity index (χ2v) is 7.87. The van der Waals surface area contributed by atoms with Crippen molar-refractivity contribution in [2.75, 3.05) is 39.9 Å². The molecule has 6 nitrogen and oxygen atoms in total. The highest BCUT2D eigenvalue weighted by Gasteiger charge is 2.27. The molecule has 1 amide bonds. The normalized spacial score (nSPS) is 14.8. The van der Waals surface area contributed by atoms with Gasteiger partial charge in [0, 0.05) is 31.7 Å². The smallest absolute Gasteiger partial charge is 0.260 e. The first-order valence-electron chi connectivity index (χ1n) is 11.0. The van der Waals surface area contributed by atoms with Crippen LogP contribution >= 0.6 is 0 Å². The van der Waals surface area contributed by atoms with Crippen molar-refractivity contribution in [3.05, 3.63) is 84.4 Å². The predicted octanol–water partition coefficient (Wildman–Crippen LogP) is 4.15. The summed E-state index contributed by atoms with van der Waals surface area (Å²) in [5, 5.41) is 9.74. The number of methoxy groups -OCH3 is 1. The number of piperazine rings is 1. The summed E-state index contributed by atoms with van der Waals surface area (Å²) >= 11 is 0. The molecule has 3 aromatic rings. The molecule has 33 heavy (non-hydrogen) atoms. The highest BCUT2D eigenvalue weighted by molar-refractivity contribution is 5.78. The summed E-state index contributed by atoms with van der Waals surface area (Å²) in [7, 11) is 1.62. The second kappa shape index (κ2) is 10.7. The highest BCUT2D eigenvalue weighted by Crippen LogP contribution is 2.29. The maximum atomic E-state index is 12.8. The maximum absolute atomic E-state index is 12.8. The van der Waals surface area contributed by atoms with Crippen LogP contribution in [0.25, 0.3) is 11.1 Å². The van der Waals surface area contributed by atoms with Crippen LogP contribution in [0.15, 0.2) is 78.9 Å². The molecule has 0 N–H and O–H groups in total. The number of ether oxygens (including phenoxy) is 2. The van der Waals surface area contributed by atoms with E-state index >= 15 is 0 Å². The van der Waals surface area contributed by atoms with Crippen LogP contribution in [0.2, 0.25) is 0 Å². The monoisotopic (exact) mass is 441 g/mol. The van der Waals surface area contributed by atoms with E-state index in [1.165, 1.54) is 0 Å². The Morgan fingerprint density at radius 2 is 1.61 bits per heavy atom. The van der Waals surface area contributed by atoms with Crippen molar-refractivity contribution in [1.29, 1.82) is 5.26 Å². The largest absolute Gasteiger partial charge is 0.497 e. The van der Waals surface area contributed by atoms with Crippen LogP contribution in [0.5, 0.6) is 11.5 Å². The molecule has 0 spiro atoms. The SMILES string of the molecule is COc1ccc(C(C#N)N2CCN(C(=O)COc3ccccc3-c3ccccc3)CC2)cc1. The quantitative estimate of drug-likeness (QED) is 0.551. The fraction of sp³-hybridized carbons (Fsp3) is 0.259. The van der Waals surface area contributed by atoms with Gasteiger partial charge in [0.25, 0.3) is 5.91 Å². The molecule has 1 aliphatic rings. The number of para-hydroxylation sites is 1. The number of hydrogen-bond acceptors (Lipinski definition) is 5. The van der Waals surface area contributed by atoms with Gasteiger partial charge >= 0.3 is 0 Å². The molecule has 6 heteroatoms. The fourth-order valence-corrected chi connectivity index (χ4v) is 4.06. The number of nitrogens with zero attached hydrogens (tertiary/aromatic N) is 3. The lowest BCUT2D eigenvalue weighted by atomic mass is 10.0. The van der Waals surface area contributed by atoms with E-state index in [9.17, 15) is 10.1 Å². The molecule has 1 fully saturated rings. The summed E-state index contributed by atoms with van der Waals surface area (Å²) in [5.41, 5.74) is 2.95. The Labute approximate surface area is 194 Å². The number of carbonyl (C=O) groups excluding carboxylic acids is 1. The Bertz CT molecular complexity index is 1100. The van der Waals surface area contributed by atoms with Crippen molar-refractivity contribution in [3.63, 3.8) is 0 Å². The van der Waals surface area contributed by atoms with E-state index in [2.05, 4.69) is 11.0 Å². The van der Waals surface area contributed by atoms with E-state index < -0.39 is 0 Å². The summed E-state index contributed by atoms with van der Waals surface area (Å²) in [4.78, 5) is 16.7. The molecule has 0 aromatic heterocycles.